The van der Waals surface area contributed by atoms with E-state index in [1.165, 1.54) is 30.2 Å². The number of aryl methyl sites for hydroxylation is 1. The highest BCUT2D eigenvalue weighted by Crippen LogP contribution is 2.29. The standard InChI is InChI=1S/C22H18N4O3S2/c1-13-11-17(16-5-3-4-6-18(16)23-13)19(27)24-21-25-26-22(31-21)30-12-14-7-9-15(10-8-14)20(28)29-2/h3-11H,12H2,1-2H3,(H,24,25,27). The molecular weight excluding hydrogens is 432 g/mol. The second-order valence-electron chi connectivity index (χ2n) is 6.63. The number of anilines is 1. The van der Waals surface area contributed by atoms with Crippen LogP contribution < -0.4 is 5.32 Å². The Kier molecular flexibility index (Phi) is 6.24. The van der Waals surface area contributed by atoms with E-state index in [1.54, 1.807) is 18.2 Å². The first-order valence-electron chi connectivity index (χ1n) is 9.35. The fraction of sp³-hybridized carbons (Fsp3) is 0.136. The SMILES string of the molecule is COC(=O)c1ccc(CSc2nnc(NC(=O)c3cc(C)nc4ccccc34)s2)cc1. The first-order valence-corrected chi connectivity index (χ1v) is 11.1. The molecule has 31 heavy (non-hydrogen) atoms. The molecule has 156 valence electrons. The van der Waals surface area contributed by atoms with Gasteiger partial charge < -0.3 is 4.74 Å². The number of nitrogens with zero attached hydrogens (tertiary/aromatic N) is 3. The molecule has 7 nitrogen and oxygen atoms in total. The normalized spacial score (nSPS) is 10.8. The summed E-state index contributed by atoms with van der Waals surface area (Å²) in [5.41, 5.74) is 3.65. The zero-order chi connectivity index (χ0) is 21.8. The second kappa shape index (κ2) is 9.23. The number of hydrogen-bond donors (Lipinski definition) is 1. The smallest absolute Gasteiger partial charge is 0.337 e. The summed E-state index contributed by atoms with van der Waals surface area (Å²) in [5.74, 6) is 0.0618. The van der Waals surface area contributed by atoms with Crippen molar-refractivity contribution in [3.63, 3.8) is 0 Å². The van der Waals surface area contributed by atoms with E-state index in [0.29, 0.717) is 22.0 Å². The van der Waals surface area contributed by atoms with E-state index >= 15 is 0 Å². The maximum Gasteiger partial charge on any atom is 0.337 e. The van der Waals surface area contributed by atoms with Gasteiger partial charge in [0.2, 0.25) is 5.13 Å². The van der Waals surface area contributed by atoms with Gasteiger partial charge in [-0.25, -0.2) is 4.79 Å². The molecule has 0 unspecified atom stereocenters. The van der Waals surface area contributed by atoms with Crippen LogP contribution in [0.4, 0.5) is 5.13 Å². The van der Waals surface area contributed by atoms with E-state index in [9.17, 15) is 9.59 Å². The molecule has 4 aromatic rings. The van der Waals surface area contributed by atoms with E-state index in [1.807, 2.05) is 43.3 Å². The molecule has 2 aromatic heterocycles. The fourth-order valence-corrected chi connectivity index (χ4v) is 4.68. The summed E-state index contributed by atoms with van der Waals surface area (Å²) >= 11 is 2.83. The quantitative estimate of drug-likeness (QED) is 0.258. The highest BCUT2D eigenvalue weighted by Gasteiger charge is 2.15. The van der Waals surface area contributed by atoms with Crippen molar-refractivity contribution in [2.24, 2.45) is 0 Å². The fourth-order valence-electron chi connectivity index (χ4n) is 2.98. The number of pyridine rings is 1. The highest BCUT2D eigenvalue weighted by molar-refractivity contribution is 8.00. The lowest BCUT2D eigenvalue weighted by molar-refractivity contribution is 0.0600. The lowest BCUT2D eigenvalue weighted by Gasteiger charge is -2.07. The van der Waals surface area contributed by atoms with Crippen molar-refractivity contribution in [3.8, 4) is 0 Å². The summed E-state index contributed by atoms with van der Waals surface area (Å²) in [7, 11) is 1.36. The van der Waals surface area contributed by atoms with Crippen LogP contribution in [0.15, 0.2) is 58.9 Å². The van der Waals surface area contributed by atoms with Crippen LogP contribution in [0.25, 0.3) is 10.9 Å². The summed E-state index contributed by atoms with van der Waals surface area (Å²) in [6.07, 6.45) is 0. The summed E-state index contributed by atoms with van der Waals surface area (Å²) < 4.78 is 5.44. The number of aromatic nitrogens is 3. The van der Waals surface area contributed by atoms with Gasteiger partial charge in [0.15, 0.2) is 4.34 Å². The van der Waals surface area contributed by atoms with Crippen molar-refractivity contribution >= 4 is 51.0 Å². The molecule has 1 N–H and O–H groups in total. The minimum Gasteiger partial charge on any atom is -0.465 e. The average molecular weight is 451 g/mol. The van der Waals surface area contributed by atoms with Crippen molar-refractivity contribution in [1.82, 2.24) is 15.2 Å². The Morgan fingerprint density at radius 1 is 1.10 bits per heavy atom. The molecule has 0 atom stereocenters. The zero-order valence-electron chi connectivity index (χ0n) is 16.8. The van der Waals surface area contributed by atoms with Crippen LogP contribution in [0.3, 0.4) is 0 Å². The van der Waals surface area contributed by atoms with Gasteiger partial charge in [0.05, 0.1) is 23.8 Å². The number of methoxy groups -OCH3 is 1. The van der Waals surface area contributed by atoms with Crippen molar-refractivity contribution < 1.29 is 14.3 Å². The molecule has 0 saturated heterocycles. The van der Waals surface area contributed by atoms with E-state index in [4.69, 9.17) is 4.74 Å². The third kappa shape index (κ3) is 4.89. The number of fused-ring (bicyclic) bond motifs is 1. The predicted molar refractivity (Wildman–Crippen MR) is 122 cm³/mol. The van der Waals surface area contributed by atoms with Crippen molar-refractivity contribution in [1.29, 1.82) is 0 Å². The molecule has 0 aliphatic rings. The molecule has 0 saturated carbocycles. The van der Waals surface area contributed by atoms with Crippen LogP contribution in [-0.2, 0) is 10.5 Å². The van der Waals surface area contributed by atoms with Gasteiger partial charge in [-0.2, -0.15) is 0 Å². The van der Waals surface area contributed by atoms with Gasteiger partial charge >= 0.3 is 5.97 Å². The Morgan fingerprint density at radius 2 is 1.87 bits per heavy atom. The highest BCUT2D eigenvalue weighted by atomic mass is 32.2. The lowest BCUT2D eigenvalue weighted by Crippen LogP contribution is -2.13. The number of esters is 1. The molecule has 9 heteroatoms. The van der Waals surface area contributed by atoms with Crippen LogP contribution >= 0.6 is 23.1 Å². The van der Waals surface area contributed by atoms with Crippen molar-refractivity contribution in [2.75, 3.05) is 12.4 Å². The molecule has 0 radical (unpaired) electrons. The summed E-state index contributed by atoms with van der Waals surface area (Å²) in [6.45, 7) is 1.86. The van der Waals surface area contributed by atoms with E-state index in [0.717, 1.165) is 26.5 Å². The van der Waals surface area contributed by atoms with Crippen LogP contribution in [0.5, 0.6) is 0 Å². The number of hydrogen-bond acceptors (Lipinski definition) is 8. The minimum atomic E-state index is -0.360. The number of rotatable bonds is 6. The number of ether oxygens (including phenoxy) is 1. The molecule has 2 heterocycles. The predicted octanol–water partition coefficient (Wildman–Crippen LogP) is 4.73. The molecule has 0 bridgehead atoms. The molecule has 0 spiro atoms. The Balaban J connectivity index is 1.41. The number of benzene rings is 2. The molecule has 0 aliphatic heterocycles. The molecule has 0 aliphatic carbocycles. The number of nitrogens with one attached hydrogen (secondary N) is 1. The molecule has 1 amide bonds. The first-order chi connectivity index (χ1) is 15.0. The zero-order valence-corrected chi connectivity index (χ0v) is 18.4. The van der Waals surface area contributed by atoms with Crippen LogP contribution in [0.2, 0.25) is 0 Å². The third-order valence-corrected chi connectivity index (χ3v) is 6.50. The second-order valence-corrected chi connectivity index (χ2v) is 8.83. The average Bonchev–Trinajstić information content (AvgIpc) is 3.24. The van der Waals surface area contributed by atoms with Gasteiger partial charge in [0.1, 0.15) is 0 Å². The van der Waals surface area contributed by atoms with E-state index in [-0.39, 0.29) is 11.9 Å². The number of thioether (sulfide) groups is 1. The summed E-state index contributed by atoms with van der Waals surface area (Å²) in [6, 6.07) is 16.5. The van der Waals surface area contributed by atoms with E-state index in [2.05, 4.69) is 20.5 Å². The molecule has 4 rings (SSSR count). The largest absolute Gasteiger partial charge is 0.465 e. The number of para-hydroxylation sites is 1. The molecular formula is C22H18N4O3S2. The topological polar surface area (TPSA) is 94.1 Å². The Bertz CT molecular complexity index is 1260. The van der Waals surface area contributed by atoms with Gasteiger partial charge in [-0.15, -0.1) is 10.2 Å². The minimum absolute atomic E-state index is 0.243. The maximum absolute atomic E-state index is 12.8. The van der Waals surface area contributed by atoms with Gasteiger partial charge in [0.25, 0.3) is 5.91 Å². The van der Waals surface area contributed by atoms with Crippen LogP contribution in [0, 0.1) is 6.92 Å². The molecule has 0 fully saturated rings. The Morgan fingerprint density at radius 3 is 2.65 bits per heavy atom. The number of amides is 1. The Hall–Kier alpha value is -3.30. The van der Waals surface area contributed by atoms with E-state index < -0.39 is 0 Å². The van der Waals surface area contributed by atoms with Gasteiger partial charge in [-0.3, -0.25) is 15.1 Å². The third-order valence-electron chi connectivity index (χ3n) is 4.45. The number of carbonyl (C=O) groups is 2. The van der Waals surface area contributed by atoms with Crippen molar-refractivity contribution in [2.45, 2.75) is 17.0 Å². The van der Waals surface area contributed by atoms with Crippen LogP contribution in [0.1, 0.15) is 32.0 Å². The van der Waals surface area contributed by atoms with Gasteiger partial charge in [0, 0.05) is 16.8 Å². The van der Waals surface area contributed by atoms with Gasteiger partial charge in [-0.1, -0.05) is 53.4 Å². The van der Waals surface area contributed by atoms with Gasteiger partial charge in [-0.05, 0) is 36.8 Å². The lowest BCUT2D eigenvalue weighted by atomic mass is 10.1. The molecule has 2 aromatic carbocycles. The number of carbonyl (C=O) groups excluding carboxylic acids is 2. The summed E-state index contributed by atoms with van der Waals surface area (Å²) in [5, 5.41) is 12.3. The van der Waals surface area contributed by atoms with Crippen molar-refractivity contribution in [3.05, 3.63) is 77.0 Å². The Labute approximate surface area is 186 Å². The maximum atomic E-state index is 12.8. The monoisotopic (exact) mass is 450 g/mol. The first kappa shape index (κ1) is 21.0. The summed E-state index contributed by atoms with van der Waals surface area (Å²) in [4.78, 5) is 28.8. The van der Waals surface area contributed by atoms with Crippen LogP contribution in [-0.4, -0.2) is 34.2 Å².